The first-order valence-electron chi connectivity index (χ1n) is 7.98. The Morgan fingerprint density at radius 1 is 1.04 bits per heavy atom. The van der Waals surface area contributed by atoms with E-state index >= 15 is 0 Å². The van der Waals surface area contributed by atoms with Gasteiger partial charge in [-0.25, -0.2) is 0 Å². The van der Waals surface area contributed by atoms with Gasteiger partial charge in [0.2, 0.25) is 0 Å². The van der Waals surface area contributed by atoms with Crippen LogP contribution in [-0.2, 0) is 13.0 Å². The van der Waals surface area contributed by atoms with E-state index < -0.39 is 0 Å². The minimum absolute atomic E-state index is 0.0919. The van der Waals surface area contributed by atoms with Crippen LogP contribution in [-0.4, -0.2) is 30.6 Å². The van der Waals surface area contributed by atoms with Crippen LogP contribution in [0, 0.1) is 6.92 Å². The lowest BCUT2D eigenvalue weighted by Crippen LogP contribution is -2.36. The molecule has 0 atom stereocenters. The van der Waals surface area contributed by atoms with Crippen molar-refractivity contribution in [2.75, 3.05) is 19.8 Å². The lowest BCUT2D eigenvalue weighted by molar-refractivity contribution is 0.0733. The summed E-state index contributed by atoms with van der Waals surface area (Å²) in [6, 6.07) is 11.9. The smallest absolute Gasteiger partial charge is 0.254 e. The van der Waals surface area contributed by atoms with E-state index in [1.165, 1.54) is 5.56 Å². The van der Waals surface area contributed by atoms with Crippen molar-refractivity contribution in [1.82, 2.24) is 4.90 Å². The lowest BCUT2D eigenvalue weighted by atomic mass is 9.98. The van der Waals surface area contributed by atoms with E-state index in [9.17, 15) is 4.79 Å². The van der Waals surface area contributed by atoms with Crippen LogP contribution in [0.4, 0.5) is 0 Å². The molecule has 0 unspecified atom stereocenters. The van der Waals surface area contributed by atoms with Crippen molar-refractivity contribution in [2.45, 2.75) is 19.9 Å². The SMILES string of the molecule is Cc1cccc(C(=O)N2CCc3cc4c(cc3C2)OCCO4)c1. The molecule has 0 spiro atoms. The van der Waals surface area contributed by atoms with Gasteiger partial charge in [-0.05, 0) is 48.7 Å². The molecule has 4 nitrogen and oxygen atoms in total. The molecule has 0 radical (unpaired) electrons. The predicted molar refractivity (Wildman–Crippen MR) is 87.1 cm³/mol. The van der Waals surface area contributed by atoms with Gasteiger partial charge in [0.25, 0.3) is 5.91 Å². The van der Waals surface area contributed by atoms with Crippen LogP contribution in [0.25, 0.3) is 0 Å². The summed E-state index contributed by atoms with van der Waals surface area (Å²) in [6.45, 7) is 4.55. The van der Waals surface area contributed by atoms with Crippen molar-refractivity contribution in [2.24, 2.45) is 0 Å². The van der Waals surface area contributed by atoms with Gasteiger partial charge in [-0.1, -0.05) is 17.7 Å². The Morgan fingerprint density at radius 3 is 2.52 bits per heavy atom. The van der Waals surface area contributed by atoms with Crippen LogP contribution in [0.15, 0.2) is 36.4 Å². The number of benzene rings is 2. The average molecular weight is 309 g/mol. The number of rotatable bonds is 1. The Morgan fingerprint density at radius 2 is 1.78 bits per heavy atom. The molecular weight excluding hydrogens is 290 g/mol. The maximum Gasteiger partial charge on any atom is 0.254 e. The van der Waals surface area contributed by atoms with Gasteiger partial charge in [-0.2, -0.15) is 0 Å². The van der Waals surface area contributed by atoms with Crippen LogP contribution in [0.5, 0.6) is 11.5 Å². The molecule has 0 N–H and O–H groups in total. The Hall–Kier alpha value is -2.49. The van der Waals surface area contributed by atoms with Crippen molar-refractivity contribution in [3.8, 4) is 11.5 Å². The second-order valence-corrected chi connectivity index (χ2v) is 6.11. The summed E-state index contributed by atoms with van der Waals surface area (Å²) in [5.41, 5.74) is 4.27. The van der Waals surface area contributed by atoms with E-state index in [4.69, 9.17) is 9.47 Å². The van der Waals surface area contributed by atoms with Gasteiger partial charge in [0.05, 0.1) is 0 Å². The van der Waals surface area contributed by atoms with Gasteiger partial charge in [-0.3, -0.25) is 4.79 Å². The second-order valence-electron chi connectivity index (χ2n) is 6.11. The highest BCUT2D eigenvalue weighted by Crippen LogP contribution is 2.35. The summed E-state index contributed by atoms with van der Waals surface area (Å²) in [5, 5.41) is 0. The molecule has 4 rings (SSSR count). The molecule has 2 aromatic rings. The summed E-state index contributed by atoms with van der Waals surface area (Å²) in [4.78, 5) is 14.6. The van der Waals surface area contributed by atoms with Crippen molar-refractivity contribution in [1.29, 1.82) is 0 Å². The van der Waals surface area contributed by atoms with Gasteiger partial charge in [-0.15, -0.1) is 0 Å². The van der Waals surface area contributed by atoms with Crippen LogP contribution >= 0.6 is 0 Å². The third-order valence-electron chi connectivity index (χ3n) is 4.43. The molecule has 0 aliphatic carbocycles. The largest absolute Gasteiger partial charge is 0.486 e. The highest BCUT2D eigenvalue weighted by atomic mass is 16.6. The fourth-order valence-electron chi connectivity index (χ4n) is 3.23. The second kappa shape index (κ2) is 5.61. The molecular formula is C19H19NO3. The molecule has 0 saturated heterocycles. The lowest BCUT2D eigenvalue weighted by Gasteiger charge is -2.30. The third kappa shape index (κ3) is 2.65. The van der Waals surface area contributed by atoms with E-state index in [1.54, 1.807) is 0 Å². The number of aryl methyl sites for hydroxylation is 1. The highest BCUT2D eigenvalue weighted by Gasteiger charge is 2.24. The summed E-state index contributed by atoms with van der Waals surface area (Å²) < 4.78 is 11.3. The molecule has 2 aliphatic rings. The number of amides is 1. The minimum Gasteiger partial charge on any atom is -0.486 e. The molecule has 2 aromatic carbocycles. The maximum atomic E-state index is 12.7. The monoisotopic (exact) mass is 309 g/mol. The Balaban J connectivity index is 1.60. The van der Waals surface area contributed by atoms with Crippen LogP contribution < -0.4 is 9.47 Å². The normalized spacial score (nSPS) is 16.0. The first kappa shape index (κ1) is 14.1. The number of hydrogen-bond donors (Lipinski definition) is 0. The molecule has 0 aromatic heterocycles. The number of fused-ring (bicyclic) bond motifs is 2. The van der Waals surface area contributed by atoms with E-state index in [-0.39, 0.29) is 5.91 Å². The van der Waals surface area contributed by atoms with Crippen LogP contribution in [0.2, 0.25) is 0 Å². The summed E-state index contributed by atoms with van der Waals surface area (Å²) in [7, 11) is 0. The van der Waals surface area contributed by atoms with E-state index in [1.807, 2.05) is 42.2 Å². The molecule has 2 aliphatic heterocycles. The minimum atomic E-state index is 0.0919. The predicted octanol–water partition coefficient (Wildman–Crippen LogP) is 2.96. The number of ether oxygens (including phenoxy) is 2. The van der Waals surface area contributed by atoms with E-state index in [2.05, 4.69) is 6.07 Å². The van der Waals surface area contributed by atoms with Gasteiger partial charge in [0.15, 0.2) is 11.5 Å². The zero-order valence-corrected chi connectivity index (χ0v) is 13.2. The molecule has 118 valence electrons. The Bertz CT molecular complexity index is 769. The standard InChI is InChI=1S/C19H19NO3/c1-13-3-2-4-15(9-13)19(21)20-6-5-14-10-17-18(11-16(14)12-20)23-8-7-22-17/h2-4,9-11H,5-8,12H2,1H3. The molecule has 0 bridgehead atoms. The summed E-state index contributed by atoms with van der Waals surface area (Å²) in [5.74, 6) is 1.71. The van der Waals surface area contributed by atoms with Crippen molar-refractivity contribution < 1.29 is 14.3 Å². The average Bonchev–Trinajstić information content (AvgIpc) is 2.59. The Kier molecular flexibility index (Phi) is 3.45. The van der Waals surface area contributed by atoms with Gasteiger partial charge >= 0.3 is 0 Å². The van der Waals surface area contributed by atoms with E-state index in [0.29, 0.717) is 19.8 Å². The van der Waals surface area contributed by atoms with Crippen molar-refractivity contribution in [3.05, 3.63) is 58.7 Å². The third-order valence-corrected chi connectivity index (χ3v) is 4.43. The van der Waals surface area contributed by atoms with E-state index in [0.717, 1.165) is 41.2 Å². The van der Waals surface area contributed by atoms with Gasteiger partial charge in [0.1, 0.15) is 13.2 Å². The molecule has 0 fully saturated rings. The first-order chi connectivity index (χ1) is 11.2. The molecule has 1 amide bonds. The summed E-state index contributed by atoms with van der Waals surface area (Å²) >= 11 is 0. The Labute approximate surface area is 135 Å². The van der Waals surface area contributed by atoms with Crippen LogP contribution in [0.3, 0.4) is 0 Å². The van der Waals surface area contributed by atoms with Crippen molar-refractivity contribution in [3.63, 3.8) is 0 Å². The fourth-order valence-corrected chi connectivity index (χ4v) is 3.23. The number of carbonyl (C=O) groups is 1. The molecule has 0 saturated carbocycles. The molecule has 2 heterocycles. The maximum absolute atomic E-state index is 12.7. The first-order valence-corrected chi connectivity index (χ1v) is 7.98. The molecule has 23 heavy (non-hydrogen) atoms. The number of nitrogens with zero attached hydrogens (tertiary/aromatic N) is 1. The van der Waals surface area contributed by atoms with Gasteiger partial charge in [0, 0.05) is 18.7 Å². The summed E-state index contributed by atoms with van der Waals surface area (Å²) in [6.07, 6.45) is 0.851. The topological polar surface area (TPSA) is 38.8 Å². The van der Waals surface area contributed by atoms with Gasteiger partial charge < -0.3 is 14.4 Å². The zero-order chi connectivity index (χ0) is 15.8. The fraction of sp³-hybridized carbons (Fsp3) is 0.316. The van der Waals surface area contributed by atoms with Crippen molar-refractivity contribution >= 4 is 5.91 Å². The quantitative estimate of drug-likeness (QED) is 0.813. The van der Waals surface area contributed by atoms with Crippen LogP contribution in [0.1, 0.15) is 27.0 Å². The number of hydrogen-bond acceptors (Lipinski definition) is 3. The zero-order valence-electron chi connectivity index (χ0n) is 13.2. The highest BCUT2D eigenvalue weighted by molar-refractivity contribution is 5.94. The number of carbonyl (C=O) groups excluding carboxylic acids is 1. The molecule has 4 heteroatoms.